The third-order valence-electron chi connectivity index (χ3n) is 5.68. The van der Waals surface area contributed by atoms with Crippen molar-refractivity contribution in [3.8, 4) is 17.2 Å². The lowest BCUT2D eigenvalue weighted by Crippen LogP contribution is -2.41. The minimum Gasteiger partial charge on any atom is -0.508 e. The van der Waals surface area contributed by atoms with E-state index in [1.165, 1.54) is 0 Å². The van der Waals surface area contributed by atoms with Crippen molar-refractivity contribution in [3.05, 3.63) is 83.7 Å². The zero-order chi connectivity index (χ0) is 23.2. The molecule has 4 rings (SSSR count). The Hall–Kier alpha value is -3.74. The van der Waals surface area contributed by atoms with Gasteiger partial charge >= 0.3 is 6.03 Å². The molecule has 7 nitrogen and oxygen atoms in total. The molecule has 0 unspecified atom stereocenters. The molecule has 1 saturated carbocycles. The van der Waals surface area contributed by atoms with Crippen LogP contribution in [0.3, 0.4) is 0 Å². The number of ether oxygens (including phenoxy) is 2. The van der Waals surface area contributed by atoms with Crippen LogP contribution >= 0.6 is 0 Å². The maximum atomic E-state index is 13.1. The molecule has 2 aromatic carbocycles. The number of nitrogens with zero attached hydrogens (tertiary/aromatic N) is 2. The largest absolute Gasteiger partial charge is 0.508 e. The standard InChI is InChI=1S/C26H29N3O4/c1-18(28-26(31)29(22-7-8-22)16-20-4-3-5-23(30)14-20)21-6-9-24(25(15-21)32-2)33-17-19-10-12-27-13-11-19/h3-6,9-15,18,22,30H,7-8,16-17H2,1-2H3,(H,28,31)/t18-/m0/s1. The monoisotopic (exact) mass is 447 g/mol. The fraction of sp³-hybridized carbons (Fsp3) is 0.308. The lowest BCUT2D eigenvalue weighted by Gasteiger charge is -2.26. The minimum absolute atomic E-state index is 0.120. The first-order valence-electron chi connectivity index (χ1n) is 11.1. The fourth-order valence-corrected chi connectivity index (χ4v) is 3.67. The van der Waals surface area contributed by atoms with Crippen LogP contribution in [0.25, 0.3) is 0 Å². The SMILES string of the molecule is COc1cc([C@H](C)NC(=O)N(Cc2cccc(O)c2)C2CC2)ccc1OCc1ccncc1. The summed E-state index contributed by atoms with van der Waals surface area (Å²) in [4.78, 5) is 18.9. The molecule has 1 aliphatic rings. The highest BCUT2D eigenvalue weighted by atomic mass is 16.5. The maximum absolute atomic E-state index is 13.1. The molecule has 33 heavy (non-hydrogen) atoms. The first kappa shape index (κ1) is 22.5. The summed E-state index contributed by atoms with van der Waals surface area (Å²) in [6, 6.07) is 16.4. The second kappa shape index (κ2) is 10.3. The Labute approximate surface area is 194 Å². The number of phenolic OH excluding ortho intramolecular Hbond substituents is 1. The molecule has 7 heteroatoms. The van der Waals surface area contributed by atoms with Gasteiger partial charge in [-0.3, -0.25) is 4.98 Å². The van der Waals surface area contributed by atoms with Gasteiger partial charge in [-0.2, -0.15) is 0 Å². The Morgan fingerprint density at radius 3 is 2.61 bits per heavy atom. The average molecular weight is 448 g/mol. The quantitative estimate of drug-likeness (QED) is 0.492. The van der Waals surface area contributed by atoms with Gasteiger partial charge in [0, 0.05) is 25.0 Å². The number of aromatic nitrogens is 1. The van der Waals surface area contributed by atoms with Crippen molar-refractivity contribution in [3.63, 3.8) is 0 Å². The highest BCUT2D eigenvalue weighted by Gasteiger charge is 2.33. The van der Waals surface area contributed by atoms with Crippen LogP contribution in [0.2, 0.25) is 0 Å². The van der Waals surface area contributed by atoms with Gasteiger partial charge in [0.15, 0.2) is 11.5 Å². The van der Waals surface area contributed by atoms with E-state index < -0.39 is 0 Å². The minimum atomic E-state index is -0.217. The number of carbonyl (C=O) groups is 1. The molecule has 1 fully saturated rings. The van der Waals surface area contributed by atoms with Crippen molar-refractivity contribution in [2.45, 2.75) is 45.0 Å². The topological polar surface area (TPSA) is 83.9 Å². The van der Waals surface area contributed by atoms with E-state index in [2.05, 4.69) is 10.3 Å². The number of nitrogens with one attached hydrogen (secondary N) is 1. The normalized spacial score (nSPS) is 13.8. The third-order valence-corrected chi connectivity index (χ3v) is 5.68. The van der Waals surface area contributed by atoms with Crippen molar-refractivity contribution in [1.29, 1.82) is 0 Å². The molecule has 2 N–H and O–H groups in total. The predicted octanol–water partition coefficient (Wildman–Crippen LogP) is 4.81. The second-order valence-corrected chi connectivity index (χ2v) is 8.25. The van der Waals surface area contributed by atoms with Gasteiger partial charge in [0.05, 0.1) is 13.2 Å². The zero-order valence-electron chi connectivity index (χ0n) is 18.9. The van der Waals surface area contributed by atoms with Gasteiger partial charge in [0.25, 0.3) is 0 Å². The summed E-state index contributed by atoms with van der Waals surface area (Å²) in [6.07, 6.45) is 5.46. The Bertz CT molecular complexity index is 1090. The number of amides is 2. The maximum Gasteiger partial charge on any atom is 0.318 e. The van der Waals surface area contributed by atoms with E-state index in [1.807, 2.05) is 48.2 Å². The van der Waals surface area contributed by atoms with Gasteiger partial charge in [-0.15, -0.1) is 0 Å². The van der Waals surface area contributed by atoms with Gasteiger partial charge in [-0.05, 0) is 72.9 Å². The first-order valence-corrected chi connectivity index (χ1v) is 11.1. The van der Waals surface area contributed by atoms with Gasteiger partial charge in [0.1, 0.15) is 12.4 Å². The van der Waals surface area contributed by atoms with E-state index in [0.717, 1.165) is 29.5 Å². The van der Waals surface area contributed by atoms with Crippen LogP contribution in [0, 0.1) is 0 Å². The Morgan fingerprint density at radius 1 is 1.12 bits per heavy atom. The molecule has 3 aromatic rings. The zero-order valence-corrected chi connectivity index (χ0v) is 18.9. The lowest BCUT2D eigenvalue weighted by molar-refractivity contribution is 0.188. The van der Waals surface area contributed by atoms with Crippen LogP contribution in [-0.2, 0) is 13.2 Å². The molecule has 0 aliphatic heterocycles. The summed E-state index contributed by atoms with van der Waals surface area (Å²) >= 11 is 0. The molecule has 0 saturated heterocycles. The van der Waals surface area contributed by atoms with Crippen molar-refractivity contribution < 1.29 is 19.4 Å². The summed E-state index contributed by atoms with van der Waals surface area (Å²) in [5.41, 5.74) is 2.84. The first-order chi connectivity index (χ1) is 16.0. The highest BCUT2D eigenvalue weighted by Crippen LogP contribution is 2.32. The van der Waals surface area contributed by atoms with E-state index in [0.29, 0.717) is 24.7 Å². The molecular weight excluding hydrogens is 418 g/mol. The van der Waals surface area contributed by atoms with Crippen molar-refractivity contribution in [2.75, 3.05) is 7.11 Å². The van der Waals surface area contributed by atoms with Gasteiger partial charge in [-0.1, -0.05) is 18.2 Å². The Kier molecular flexibility index (Phi) is 6.98. The average Bonchev–Trinajstić information content (AvgIpc) is 3.67. The van der Waals surface area contributed by atoms with Gasteiger partial charge in [0.2, 0.25) is 0 Å². The number of phenols is 1. The molecule has 1 atom stereocenters. The predicted molar refractivity (Wildman–Crippen MR) is 125 cm³/mol. The summed E-state index contributed by atoms with van der Waals surface area (Å²) in [5, 5.41) is 12.8. The van der Waals surface area contributed by atoms with E-state index in [-0.39, 0.29) is 23.9 Å². The number of benzene rings is 2. The molecule has 1 heterocycles. The third kappa shape index (κ3) is 5.94. The van der Waals surface area contributed by atoms with Crippen molar-refractivity contribution >= 4 is 6.03 Å². The number of methoxy groups -OCH3 is 1. The molecule has 1 aromatic heterocycles. The van der Waals surface area contributed by atoms with Gasteiger partial charge < -0.3 is 24.8 Å². The molecule has 2 amide bonds. The Morgan fingerprint density at radius 2 is 1.91 bits per heavy atom. The Balaban J connectivity index is 1.41. The molecule has 0 bridgehead atoms. The molecular formula is C26H29N3O4. The molecule has 0 radical (unpaired) electrons. The highest BCUT2D eigenvalue weighted by molar-refractivity contribution is 5.75. The smallest absolute Gasteiger partial charge is 0.318 e. The van der Waals surface area contributed by atoms with Crippen LogP contribution in [0.4, 0.5) is 4.79 Å². The summed E-state index contributed by atoms with van der Waals surface area (Å²) in [5.74, 6) is 1.46. The van der Waals surface area contributed by atoms with Gasteiger partial charge in [-0.25, -0.2) is 4.79 Å². The van der Waals surface area contributed by atoms with E-state index in [9.17, 15) is 9.90 Å². The van der Waals surface area contributed by atoms with E-state index >= 15 is 0 Å². The summed E-state index contributed by atoms with van der Waals surface area (Å²) in [6.45, 7) is 2.82. The summed E-state index contributed by atoms with van der Waals surface area (Å²) in [7, 11) is 1.60. The molecule has 1 aliphatic carbocycles. The van der Waals surface area contributed by atoms with Crippen LogP contribution in [0.5, 0.6) is 17.2 Å². The lowest BCUT2D eigenvalue weighted by atomic mass is 10.1. The number of pyridine rings is 1. The van der Waals surface area contributed by atoms with Crippen LogP contribution in [0.1, 0.15) is 42.5 Å². The van der Waals surface area contributed by atoms with Crippen LogP contribution in [-0.4, -0.2) is 34.2 Å². The molecule has 172 valence electrons. The van der Waals surface area contributed by atoms with Crippen molar-refractivity contribution in [1.82, 2.24) is 15.2 Å². The summed E-state index contributed by atoms with van der Waals surface area (Å²) < 4.78 is 11.4. The number of aromatic hydroxyl groups is 1. The van der Waals surface area contributed by atoms with E-state index in [4.69, 9.17) is 9.47 Å². The van der Waals surface area contributed by atoms with E-state index in [1.54, 1.807) is 37.7 Å². The number of hydrogen-bond donors (Lipinski definition) is 2. The number of urea groups is 1. The van der Waals surface area contributed by atoms with Crippen LogP contribution in [0.15, 0.2) is 67.0 Å². The number of hydrogen-bond acceptors (Lipinski definition) is 5. The second-order valence-electron chi connectivity index (χ2n) is 8.25. The van der Waals surface area contributed by atoms with Crippen LogP contribution < -0.4 is 14.8 Å². The molecule has 0 spiro atoms. The number of carbonyl (C=O) groups excluding carboxylic acids is 1. The fourth-order valence-electron chi connectivity index (χ4n) is 3.67. The number of rotatable bonds is 9. The van der Waals surface area contributed by atoms with Crippen molar-refractivity contribution in [2.24, 2.45) is 0 Å².